The molecule has 1 N–H and O–H groups in total. The molecule has 16 heavy (non-hydrogen) atoms. The predicted molar refractivity (Wildman–Crippen MR) is 65.2 cm³/mol. The van der Waals surface area contributed by atoms with Crippen molar-refractivity contribution in [3.8, 4) is 5.75 Å². The molecule has 1 aromatic carbocycles. The van der Waals surface area contributed by atoms with E-state index in [1.54, 1.807) is 7.11 Å². The fraction of sp³-hybridized carbons (Fsp3) is 0.462. The predicted octanol–water partition coefficient (Wildman–Crippen LogP) is 2.19. The van der Waals surface area contributed by atoms with E-state index in [1.807, 2.05) is 25.1 Å². The molecular formula is C13H19NO2. The van der Waals surface area contributed by atoms with Crippen LogP contribution in [-0.4, -0.2) is 26.0 Å². The van der Waals surface area contributed by atoms with Crippen molar-refractivity contribution in [3.05, 3.63) is 29.3 Å². The summed E-state index contributed by atoms with van der Waals surface area (Å²) in [7, 11) is 1.62. The van der Waals surface area contributed by atoms with Crippen LogP contribution in [0.3, 0.4) is 0 Å². The Bertz CT molecular complexity index is 361. The molecule has 0 aliphatic heterocycles. The molecule has 0 heterocycles. The molecule has 88 valence electrons. The second kappa shape index (κ2) is 6.28. The standard InChI is InChI=1S/C13H19NO2/c1-4-7-14-9-13(15)12-6-5-11(16-3)8-10(12)2/h5-6,8,14H,4,7,9H2,1-3H3. The highest BCUT2D eigenvalue weighted by atomic mass is 16.5. The molecule has 3 nitrogen and oxygen atoms in total. The third-order valence-electron chi connectivity index (χ3n) is 2.45. The lowest BCUT2D eigenvalue weighted by Crippen LogP contribution is -2.24. The number of benzene rings is 1. The van der Waals surface area contributed by atoms with Gasteiger partial charge in [-0.15, -0.1) is 0 Å². The van der Waals surface area contributed by atoms with Gasteiger partial charge in [0.25, 0.3) is 0 Å². The van der Waals surface area contributed by atoms with Crippen LogP contribution in [0.15, 0.2) is 18.2 Å². The number of methoxy groups -OCH3 is 1. The van der Waals surface area contributed by atoms with Crippen LogP contribution in [0.2, 0.25) is 0 Å². The second-order valence-corrected chi connectivity index (χ2v) is 3.78. The van der Waals surface area contributed by atoms with Crippen LogP contribution in [0.1, 0.15) is 29.3 Å². The molecule has 0 saturated carbocycles. The number of Topliss-reactive ketones (excluding diaryl/α,β-unsaturated/α-hetero) is 1. The van der Waals surface area contributed by atoms with E-state index in [2.05, 4.69) is 12.2 Å². The Morgan fingerprint density at radius 3 is 2.75 bits per heavy atom. The number of aryl methyl sites for hydroxylation is 1. The van der Waals surface area contributed by atoms with Gasteiger partial charge in [-0.2, -0.15) is 0 Å². The fourth-order valence-electron chi connectivity index (χ4n) is 1.55. The summed E-state index contributed by atoms with van der Waals surface area (Å²) in [5.74, 6) is 0.921. The van der Waals surface area contributed by atoms with Crippen LogP contribution in [-0.2, 0) is 0 Å². The van der Waals surface area contributed by atoms with Crippen LogP contribution >= 0.6 is 0 Å². The van der Waals surface area contributed by atoms with Gasteiger partial charge in [0.2, 0.25) is 0 Å². The van der Waals surface area contributed by atoms with E-state index >= 15 is 0 Å². The lowest BCUT2D eigenvalue weighted by atomic mass is 10.0. The Hall–Kier alpha value is -1.35. The number of nitrogens with one attached hydrogen (secondary N) is 1. The van der Waals surface area contributed by atoms with Crippen LogP contribution in [0.5, 0.6) is 5.75 Å². The maximum atomic E-state index is 11.8. The third-order valence-corrected chi connectivity index (χ3v) is 2.45. The van der Waals surface area contributed by atoms with Crippen molar-refractivity contribution in [3.63, 3.8) is 0 Å². The molecule has 0 aromatic heterocycles. The molecule has 1 rings (SSSR count). The molecule has 0 amide bonds. The summed E-state index contributed by atoms with van der Waals surface area (Å²) in [6, 6.07) is 5.53. The maximum Gasteiger partial charge on any atom is 0.176 e. The number of rotatable bonds is 6. The normalized spacial score (nSPS) is 10.2. The summed E-state index contributed by atoms with van der Waals surface area (Å²) >= 11 is 0. The minimum Gasteiger partial charge on any atom is -0.497 e. The first-order valence-corrected chi connectivity index (χ1v) is 5.57. The number of hydrogen-bond donors (Lipinski definition) is 1. The summed E-state index contributed by atoms with van der Waals surface area (Å²) < 4.78 is 5.10. The van der Waals surface area contributed by atoms with E-state index in [4.69, 9.17) is 4.74 Å². The molecule has 0 atom stereocenters. The second-order valence-electron chi connectivity index (χ2n) is 3.78. The third kappa shape index (κ3) is 3.35. The molecule has 0 aliphatic rings. The van der Waals surface area contributed by atoms with Crippen molar-refractivity contribution in [1.82, 2.24) is 5.32 Å². The van der Waals surface area contributed by atoms with E-state index in [9.17, 15) is 4.79 Å². The van der Waals surface area contributed by atoms with Gasteiger partial charge in [-0.25, -0.2) is 0 Å². The Kier molecular flexibility index (Phi) is 4.99. The molecule has 0 aliphatic carbocycles. The van der Waals surface area contributed by atoms with E-state index in [1.165, 1.54) is 0 Å². The lowest BCUT2D eigenvalue weighted by Gasteiger charge is -2.07. The Balaban J connectivity index is 2.68. The Labute approximate surface area is 96.8 Å². The van der Waals surface area contributed by atoms with Crippen molar-refractivity contribution in [2.75, 3.05) is 20.2 Å². The minimum absolute atomic E-state index is 0.133. The average molecular weight is 221 g/mol. The Morgan fingerprint density at radius 1 is 1.44 bits per heavy atom. The monoisotopic (exact) mass is 221 g/mol. The van der Waals surface area contributed by atoms with Crippen LogP contribution < -0.4 is 10.1 Å². The topological polar surface area (TPSA) is 38.3 Å². The number of hydrogen-bond acceptors (Lipinski definition) is 3. The average Bonchev–Trinajstić information content (AvgIpc) is 2.29. The van der Waals surface area contributed by atoms with Gasteiger partial charge in [-0.1, -0.05) is 6.92 Å². The lowest BCUT2D eigenvalue weighted by molar-refractivity contribution is 0.0990. The van der Waals surface area contributed by atoms with Gasteiger partial charge < -0.3 is 10.1 Å². The smallest absolute Gasteiger partial charge is 0.176 e. The first kappa shape index (κ1) is 12.7. The van der Waals surface area contributed by atoms with Gasteiger partial charge in [-0.05, 0) is 43.7 Å². The summed E-state index contributed by atoms with van der Waals surface area (Å²) in [4.78, 5) is 11.8. The molecule has 0 saturated heterocycles. The summed E-state index contributed by atoms with van der Waals surface area (Å²) in [5, 5.41) is 3.11. The number of carbonyl (C=O) groups excluding carboxylic acids is 1. The van der Waals surface area contributed by atoms with Gasteiger partial charge in [-0.3, -0.25) is 4.79 Å². The summed E-state index contributed by atoms with van der Waals surface area (Å²) in [6.45, 7) is 5.29. The molecular weight excluding hydrogens is 202 g/mol. The maximum absolute atomic E-state index is 11.8. The van der Waals surface area contributed by atoms with Crippen molar-refractivity contribution < 1.29 is 9.53 Å². The molecule has 0 fully saturated rings. The molecule has 0 unspecified atom stereocenters. The van der Waals surface area contributed by atoms with Crippen molar-refractivity contribution in [2.45, 2.75) is 20.3 Å². The number of carbonyl (C=O) groups is 1. The van der Waals surface area contributed by atoms with Gasteiger partial charge >= 0.3 is 0 Å². The highest BCUT2D eigenvalue weighted by Gasteiger charge is 2.08. The van der Waals surface area contributed by atoms with E-state index < -0.39 is 0 Å². The number of ether oxygens (including phenoxy) is 1. The highest BCUT2D eigenvalue weighted by molar-refractivity contribution is 5.99. The van der Waals surface area contributed by atoms with Gasteiger partial charge in [0.05, 0.1) is 13.7 Å². The van der Waals surface area contributed by atoms with Crippen LogP contribution in [0, 0.1) is 6.92 Å². The van der Waals surface area contributed by atoms with Gasteiger partial charge in [0.1, 0.15) is 5.75 Å². The minimum atomic E-state index is 0.133. The van der Waals surface area contributed by atoms with E-state index in [0.29, 0.717) is 6.54 Å². The van der Waals surface area contributed by atoms with Crippen LogP contribution in [0.25, 0.3) is 0 Å². The highest BCUT2D eigenvalue weighted by Crippen LogP contribution is 2.16. The van der Waals surface area contributed by atoms with Crippen molar-refractivity contribution in [2.24, 2.45) is 0 Å². The molecule has 0 spiro atoms. The molecule has 0 radical (unpaired) electrons. The van der Waals surface area contributed by atoms with Crippen LogP contribution in [0.4, 0.5) is 0 Å². The zero-order valence-corrected chi connectivity index (χ0v) is 10.2. The van der Waals surface area contributed by atoms with E-state index in [0.717, 1.165) is 29.8 Å². The molecule has 0 bridgehead atoms. The Morgan fingerprint density at radius 2 is 2.19 bits per heavy atom. The quantitative estimate of drug-likeness (QED) is 0.591. The largest absolute Gasteiger partial charge is 0.497 e. The van der Waals surface area contributed by atoms with Crippen molar-refractivity contribution in [1.29, 1.82) is 0 Å². The van der Waals surface area contributed by atoms with Crippen molar-refractivity contribution >= 4 is 5.78 Å². The van der Waals surface area contributed by atoms with Gasteiger partial charge in [0, 0.05) is 5.56 Å². The summed E-state index contributed by atoms with van der Waals surface area (Å²) in [5.41, 5.74) is 1.73. The van der Waals surface area contributed by atoms with E-state index in [-0.39, 0.29) is 5.78 Å². The molecule has 1 aromatic rings. The SMILES string of the molecule is CCCNCC(=O)c1ccc(OC)cc1C. The first-order chi connectivity index (χ1) is 7.69. The van der Waals surface area contributed by atoms with Gasteiger partial charge in [0.15, 0.2) is 5.78 Å². The summed E-state index contributed by atoms with van der Waals surface area (Å²) in [6.07, 6.45) is 1.04. The number of ketones is 1. The molecule has 3 heteroatoms. The first-order valence-electron chi connectivity index (χ1n) is 5.57. The zero-order valence-electron chi connectivity index (χ0n) is 10.2. The fourth-order valence-corrected chi connectivity index (χ4v) is 1.55. The zero-order chi connectivity index (χ0) is 12.0.